The summed E-state index contributed by atoms with van der Waals surface area (Å²) in [6.45, 7) is 6.39. The number of carbonyl (C=O) groups excluding carboxylic acids is 2. The summed E-state index contributed by atoms with van der Waals surface area (Å²) in [6.07, 6.45) is 2.16. The van der Waals surface area contributed by atoms with Gasteiger partial charge in [-0.1, -0.05) is 29.4 Å². The Morgan fingerprint density at radius 3 is 2.50 bits per heavy atom. The third-order valence-corrected chi connectivity index (χ3v) is 5.95. The largest absolute Gasteiger partial charge is 0.343 e. The Morgan fingerprint density at radius 1 is 1.11 bits per heavy atom. The lowest BCUT2D eigenvalue weighted by molar-refractivity contribution is -0.135. The lowest BCUT2D eigenvalue weighted by Gasteiger charge is -2.37. The van der Waals surface area contributed by atoms with Gasteiger partial charge in [0.25, 0.3) is 0 Å². The summed E-state index contributed by atoms with van der Waals surface area (Å²) < 4.78 is 5.48. The molecule has 2 fully saturated rings. The average Bonchev–Trinajstić information content (AvgIpc) is 3.12. The van der Waals surface area contributed by atoms with E-state index in [0.717, 1.165) is 42.9 Å². The SMILES string of the molecule is CC(=O)N1CCC(c2noc(C3CN(C(=O)Cc4ccccc4C)C3)n2)CC1. The molecule has 2 saturated heterocycles. The van der Waals surface area contributed by atoms with Crippen molar-refractivity contribution in [2.24, 2.45) is 0 Å². The summed E-state index contributed by atoms with van der Waals surface area (Å²) in [6, 6.07) is 7.99. The zero-order chi connectivity index (χ0) is 19.7. The fourth-order valence-electron chi connectivity index (χ4n) is 3.95. The van der Waals surface area contributed by atoms with E-state index < -0.39 is 0 Å². The third-order valence-electron chi connectivity index (χ3n) is 5.95. The van der Waals surface area contributed by atoms with Crippen LogP contribution >= 0.6 is 0 Å². The summed E-state index contributed by atoms with van der Waals surface area (Å²) in [5.74, 6) is 2.00. The molecule has 7 nitrogen and oxygen atoms in total. The maximum absolute atomic E-state index is 12.5. The maximum atomic E-state index is 12.5. The first-order chi connectivity index (χ1) is 13.5. The summed E-state index contributed by atoms with van der Waals surface area (Å²) in [5, 5.41) is 4.17. The number of hydrogen-bond donors (Lipinski definition) is 0. The molecule has 3 heterocycles. The van der Waals surface area contributed by atoms with E-state index in [2.05, 4.69) is 10.1 Å². The normalized spacial score (nSPS) is 18.2. The molecule has 2 aromatic rings. The number of likely N-dealkylation sites (tertiary alicyclic amines) is 2. The molecule has 0 saturated carbocycles. The molecule has 2 amide bonds. The summed E-state index contributed by atoms with van der Waals surface area (Å²) in [4.78, 5) is 32.2. The topological polar surface area (TPSA) is 79.5 Å². The van der Waals surface area contributed by atoms with Gasteiger partial charge in [-0.2, -0.15) is 4.98 Å². The van der Waals surface area contributed by atoms with Crippen molar-refractivity contribution in [3.63, 3.8) is 0 Å². The molecule has 4 rings (SSSR count). The zero-order valence-electron chi connectivity index (χ0n) is 16.4. The van der Waals surface area contributed by atoms with Gasteiger partial charge in [-0.25, -0.2) is 0 Å². The van der Waals surface area contributed by atoms with Gasteiger partial charge in [-0.05, 0) is 30.9 Å². The molecule has 0 spiro atoms. The highest BCUT2D eigenvalue weighted by Gasteiger charge is 2.36. The van der Waals surface area contributed by atoms with Gasteiger partial charge in [-0.3, -0.25) is 9.59 Å². The molecule has 2 aliphatic rings. The van der Waals surface area contributed by atoms with Gasteiger partial charge in [0.05, 0.1) is 12.3 Å². The minimum Gasteiger partial charge on any atom is -0.343 e. The average molecular weight is 382 g/mol. The highest BCUT2D eigenvalue weighted by atomic mass is 16.5. The van der Waals surface area contributed by atoms with Crippen LogP contribution < -0.4 is 0 Å². The van der Waals surface area contributed by atoms with Crippen molar-refractivity contribution in [3.8, 4) is 0 Å². The van der Waals surface area contributed by atoms with E-state index in [1.165, 1.54) is 0 Å². The third kappa shape index (κ3) is 3.79. The molecule has 148 valence electrons. The predicted octanol–water partition coefficient (Wildman–Crippen LogP) is 2.27. The van der Waals surface area contributed by atoms with Gasteiger partial charge in [-0.15, -0.1) is 0 Å². The second-order valence-corrected chi connectivity index (χ2v) is 7.87. The van der Waals surface area contributed by atoms with Crippen molar-refractivity contribution < 1.29 is 14.1 Å². The van der Waals surface area contributed by atoms with Gasteiger partial charge in [0, 0.05) is 39.0 Å². The van der Waals surface area contributed by atoms with E-state index >= 15 is 0 Å². The van der Waals surface area contributed by atoms with Crippen molar-refractivity contribution in [2.75, 3.05) is 26.2 Å². The number of nitrogens with zero attached hydrogens (tertiary/aromatic N) is 4. The van der Waals surface area contributed by atoms with Gasteiger partial charge < -0.3 is 14.3 Å². The monoisotopic (exact) mass is 382 g/mol. The number of carbonyl (C=O) groups is 2. The van der Waals surface area contributed by atoms with Crippen LogP contribution in [0.1, 0.15) is 54.4 Å². The number of rotatable bonds is 4. The summed E-state index contributed by atoms with van der Waals surface area (Å²) in [5.41, 5.74) is 2.22. The Morgan fingerprint density at radius 2 is 1.82 bits per heavy atom. The molecule has 1 aromatic heterocycles. The van der Waals surface area contributed by atoms with E-state index in [1.54, 1.807) is 6.92 Å². The molecule has 0 N–H and O–H groups in total. The highest BCUT2D eigenvalue weighted by molar-refractivity contribution is 5.80. The molecule has 0 unspecified atom stereocenters. The van der Waals surface area contributed by atoms with E-state index in [-0.39, 0.29) is 23.7 Å². The minimum absolute atomic E-state index is 0.122. The van der Waals surface area contributed by atoms with Crippen LogP contribution in [0.4, 0.5) is 0 Å². The zero-order valence-corrected chi connectivity index (χ0v) is 16.4. The van der Waals surface area contributed by atoms with Crippen molar-refractivity contribution in [3.05, 3.63) is 47.1 Å². The molecular weight excluding hydrogens is 356 g/mol. The number of hydrogen-bond acceptors (Lipinski definition) is 5. The lowest BCUT2D eigenvalue weighted by Crippen LogP contribution is -2.49. The quantitative estimate of drug-likeness (QED) is 0.810. The fraction of sp³-hybridized carbons (Fsp3) is 0.524. The Labute approximate surface area is 164 Å². The first kappa shape index (κ1) is 18.7. The van der Waals surface area contributed by atoms with Crippen molar-refractivity contribution >= 4 is 11.8 Å². The van der Waals surface area contributed by atoms with E-state index in [0.29, 0.717) is 25.4 Å². The number of amides is 2. The van der Waals surface area contributed by atoms with Gasteiger partial charge in [0.2, 0.25) is 17.7 Å². The second kappa shape index (κ2) is 7.73. The van der Waals surface area contributed by atoms with Crippen molar-refractivity contribution in [1.82, 2.24) is 19.9 Å². The van der Waals surface area contributed by atoms with E-state index in [1.807, 2.05) is 41.0 Å². The molecule has 0 radical (unpaired) electrons. The van der Waals surface area contributed by atoms with Gasteiger partial charge >= 0.3 is 0 Å². The summed E-state index contributed by atoms with van der Waals surface area (Å²) >= 11 is 0. The molecule has 0 atom stereocenters. The first-order valence-electron chi connectivity index (χ1n) is 9.92. The number of benzene rings is 1. The van der Waals surface area contributed by atoms with Crippen LogP contribution in [0.3, 0.4) is 0 Å². The molecule has 0 bridgehead atoms. The van der Waals surface area contributed by atoms with E-state index in [4.69, 9.17) is 4.52 Å². The van der Waals surface area contributed by atoms with Crippen molar-refractivity contribution in [2.45, 2.75) is 44.9 Å². The van der Waals surface area contributed by atoms with Crippen LogP contribution in [0.25, 0.3) is 0 Å². The van der Waals surface area contributed by atoms with Crippen LogP contribution in [0.2, 0.25) is 0 Å². The molecule has 2 aliphatic heterocycles. The van der Waals surface area contributed by atoms with Crippen LogP contribution in [0, 0.1) is 6.92 Å². The maximum Gasteiger partial charge on any atom is 0.233 e. The van der Waals surface area contributed by atoms with E-state index in [9.17, 15) is 9.59 Å². The number of aryl methyl sites for hydroxylation is 1. The Kier molecular flexibility index (Phi) is 5.15. The fourth-order valence-corrected chi connectivity index (χ4v) is 3.95. The predicted molar refractivity (Wildman–Crippen MR) is 103 cm³/mol. The highest BCUT2D eigenvalue weighted by Crippen LogP contribution is 2.30. The molecule has 28 heavy (non-hydrogen) atoms. The van der Waals surface area contributed by atoms with Crippen LogP contribution in [-0.4, -0.2) is 57.9 Å². The Hall–Kier alpha value is -2.70. The molecular formula is C21H26N4O3. The van der Waals surface area contributed by atoms with Crippen molar-refractivity contribution in [1.29, 1.82) is 0 Å². The van der Waals surface area contributed by atoms with Gasteiger partial charge in [0.15, 0.2) is 5.82 Å². The number of piperidine rings is 1. The first-order valence-corrected chi connectivity index (χ1v) is 9.92. The standard InChI is InChI=1S/C21H26N4O3/c1-14-5-3-4-6-17(14)11-19(27)25-12-18(13-25)21-22-20(23-28-21)16-7-9-24(10-8-16)15(2)26/h3-6,16,18H,7-13H2,1-2H3. The molecule has 7 heteroatoms. The number of aromatic nitrogens is 2. The van der Waals surface area contributed by atoms with Crippen LogP contribution in [0.5, 0.6) is 0 Å². The second-order valence-electron chi connectivity index (χ2n) is 7.87. The van der Waals surface area contributed by atoms with Crippen LogP contribution in [-0.2, 0) is 16.0 Å². The molecule has 1 aromatic carbocycles. The Balaban J connectivity index is 1.29. The smallest absolute Gasteiger partial charge is 0.233 e. The van der Waals surface area contributed by atoms with Gasteiger partial charge in [0.1, 0.15) is 0 Å². The van der Waals surface area contributed by atoms with Crippen LogP contribution in [0.15, 0.2) is 28.8 Å². The summed E-state index contributed by atoms with van der Waals surface area (Å²) in [7, 11) is 0. The lowest BCUT2D eigenvalue weighted by atomic mass is 9.95. The minimum atomic E-state index is 0.122. The molecule has 0 aliphatic carbocycles. The Bertz CT molecular complexity index is 864.